The first-order chi connectivity index (χ1) is 5.20. The quantitative estimate of drug-likeness (QED) is 0.566. The Morgan fingerprint density at radius 1 is 0.909 bits per heavy atom. The highest BCUT2D eigenvalue weighted by atomic mass is 16.5. The Balaban J connectivity index is 3.65. The lowest BCUT2D eigenvalue weighted by atomic mass is 10.3. The van der Waals surface area contributed by atoms with Crippen molar-refractivity contribution in [3.05, 3.63) is 24.3 Å². The predicted molar refractivity (Wildman–Crippen MR) is 49.6 cm³/mol. The van der Waals surface area contributed by atoms with Crippen molar-refractivity contribution in [1.82, 2.24) is 0 Å². The molecule has 0 aliphatic heterocycles. The normalized spacial score (nSPS) is 17.8. The molecule has 0 saturated carbocycles. The molecular formula is C10H18O. The fourth-order valence-corrected chi connectivity index (χ4v) is 0.971. The number of hydrogen-bond donors (Lipinski definition) is 0. The van der Waals surface area contributed by atoms with Gasteiger partial charge in [0.25, 0.3) is 0 Å². The van der Waals surface area contributed by atoms with Crippen LogP contribution in [0.2, 0.25) is 0 Å². The van der Waals surface area contributed by atoms with Gasteiger partial charge < -0.3 is 4.74 Å². The molecule has 1 nitrogen and oxygen atoms in total. The van der Waals surface area contributed by atoms with Gasteiger partial charge >= 0.3 is 0 Å². The van der Waals surface area contributed by atoms with Crippen LogP contribution in [0.1, 0.15) is 27.7 Å². The van der Waals surface area contributed by atoms with E-state index >= 15 is 0 Å². The van der Waals surface area contributed by atoms with Crippen molar-refractivity contribution in [3.63, 3.8) is 0 Å². The van der Waals surface area contributed by atoms with Crippen molar-refractivity contribution in [3.8, 4) is 0 Å². The van der Waals surface area contributed by atoms with Gasteiger partial charge in [-0.05, 0) is 27.7 Å². The summed E-state index contributed by atoms with van der Waals surface area (Å²) in [7, 11) is 0. The molecule has 0 aromatic heterocycles. The molecule has 0 amide bonds. The van der Waals surface area contributed by atoms with E-state index in [0.29, 0.717) is 0 Å². The summed E-state index contributed by atoms with van der Waals surface area (Å²) >= 11 is 0. The van der Waals surface area contributed by atoms with Gasteiger partial charge in [0.2, 0.25) is 0 Å². The fraction of sp³-hybridized carbons (Fsp3) is 0.600. The largest absolute Gasteiger partial charge is 0.367 e. The van der Waals surface area contributed by atoms with Gasteiger partial charge in [0.1, 0.15) is 0 Å². The van der Waals surface area contributed by atoms with Crippen LogP contribution in [0.3, 0.4) is 0 Å². The van der Waals surface area contributed by atoms with Crippen LogP contribution in [0.15, 0.2) is 24.3 Å². The van der Waals surface area contributed by atoms with Gasteiger partial charge in [0, 0.05) is 0 Å². The van der Waals surface area contributed by atoms with Crippen LogP contribution in [-0.4, -0.2) is 12.2 Å². The number of hydrogen-bond acceptors (Lipinski definition) is 1. The van der Waals surface area contributed by atoms with E-state index < -0.39 is 0 Å². The topological polar surface area (TPSA) is 9.23 Å². The third-order valence-electron chi connectivity index (χ3n) is 1.36. The van der Waals surface area contributed by atoms with Crippen LogP contribution in [0.25, 0.3) is 0 Å². The lowest BCUT2D eigenvalue weighted by Gasteiger charge is -2.12. The van der Waals surface area contributed by atoms with Crippen molar-refractivity contribution in [2.24, 2.45) is 0 Å². The molecule has 11 heavy (non-hydrogen) atoms. The molecule has 0 radical (unpaired) electrons. The van der Waals surface area contributed by atoms with Crippen molar-refractivity contribution < 1.29 is 4.74 Å². The molecule has 0 N–H and O–H groups in total. The second kappa shape index (κ2) is 6.17. The fourth-order valence-electron chi connectivity index (χ4n) is 0.971. The average molecular weight is 154 g/mol. The molecule has 0 aromatic carbocycles. The van der Waals surface area contributed by atoms with E-state index in [9.17, 15) is 0 Å². The van der Waals surface area contributed by atoms with Gasteiger partial charge in [0.15, 0.2) is 0 Å². The molecule has 0 saturated heterocycles. The minimum absolute atomic E-state index is 0.214. The minimum atomic E-state index is 0.214. The zero-order valence-corrected chi connectivity index (χ0v) is 7.87. The zero-order valence-electron chi connectivity index (χ0n) is 7.87. The Morgan fingerprint density at radius 3 is 1.55 bits per heavy atom. The Bertz CT molecular complexity index is 120. The molecule has 0 fully saturated rings. The van der Waals surface area contributed by atoms with E-state index in [-0.39, 0.29) is 12.2 Å². The molecule has 0 spiro atoms. The van der Waals surface area contributed by atoms with Crippen LogP contribution < -0.4 is 0 Å². The van der Waals surface area contributed by atoms with Crippen molar-refractivity contribution in [2.45, 2.75) is 39.9 Å². The first kappa shape index (κ1) is 10.4. The highest BCUT2D eigenvalue weighted by molar-refractivity contribution is 4.88. The third-order valence-corrected chi connectivity index (χ3v) is 1.36. The van der Waals surface area contributed by atoms with Crippen molar-refractivity contribution in [2.75, 3.05) is 0 Å². The second-order valence-corrected chi connectivity index (χ2v) is 2.60. The monoisotopic (exact) mass is 154 g/mol. The zero-order chi connectivity index (χ0) is 8.69. The number of ether oxygens (including phenoxy) is 1. The average Bonchev–Trinajstić information content (AvgIpc) is 1.87. The van der Waals surface area contributed by atoms with Gasteiger partial charge in [-0.2, -0.15) is 0 Å². The van der Waals surface area contributed by atoms with Gasteiger partial charge in [-0.15, -0.1) is 0 Å². The van der Waals surface area contributed by atoms with Gasteiger partial charge in [0.05, 0.1) is 12.2 Å². The van der Waals surface area contributed by atoms with Crippen LogP contribution in [0, 0.1) is 0 Å². The number of allylic oxidation sites excluding steroid dienone is 2. The van der Waals surface area contributed by atoms with Gasteiger partial charge in [-0.25, -0.2) is 0 Å². The smallest absolute Gasteiger partial charge is 0.0735 e. The molecular weight excluding hydrogens is 136 g/mol. The lowest BCUT2D eigenvalue weighted by molar-refractivity contribution is 0.0630. The maximum atomic E-state index is 5.56. The van der Waals surface area contributed by atoms with E-state index in [0.717, 1.165) is 0 Å². The van der Waals surface area contributed by atoms with E-state index in [1.165, 1.54) is 0 Å². The molecule has 0 rings (SSSR count). The van der Waals surface area contributed by atoms with Crippen LogP contribution in [-0.2, 0) is 4.74 Å². The third kappa shape index (κ3) is 5.86. The molecule has 1 heteroatoms. The SMILES string of the molecule is C/C=C/C(C)OC(C)/C=C/C. The molecule has 2 unspecified atom stereocenters. The summed E-state index contributed by atoms with van der Waals surface area (Å²) < 4.78 is 5.56. The van der Waals surface area contributed by atoms with Gasteiger partial charge in [-0.3, -0.25) is 0 Å². The molecule has 0 heterocycles. The Hall–Kier alpha value is -0.560. The Labute approximate surface area is 69.8 Å². The van der Waals surface area contributed by atoms with E-state index in [2.05, 4.69) is 0 Å². The maximum Gasteiger partial charge on any atom is 0.0735 e. The summed E-state index contributed by atoms with van der Waals surface area (Å²) in [6.07, 6.45) is 8.53. The van der Waals surface area contributed by atoms with Crippen LogP contribution in [0.4, 0.5) is 0 Å². The lowest BCUT2D eigenvalue weighted by Crippen LogP contribution is -2.12. The minimum Gasteiger partial charge on any atom is -0.367 e. The summed E-state index contributed by atoms with van der Waals surface area (Å²) in [4.78, 5) is 0. The predicted octanol–water partition coefficient (Wildman–Crippen LogP) is 2.93. The van der Waals surface area contributed by atoms with E-state index in [1.807, 2.05) is 52.0 Å². The molecule has 0 aromatic rings. The summed E-state index contributed by atoms with van der Waals surface area (Å²) in [5, 5.41) is 0. The molecule has 0 bridgehead atoms. The van der Waals surface area contributed by atoms with Crippen molar-refractivity contribution in [1.29, 1.82) is 0 Å². The maximum absolute atomic E-state index is 5.56. The van der Waals surface area contributed by atoms with Crippen LogP contribution in [0.5, 0.6) is 0 Å². The Morgan fingerprint density at radius 2 is 1.27 bits per heavy atom. The van der Waals surface area contributed by atoms with Gasteiger partial charge in [-0.1, -0.05) is 24.3 Å². The first-order valence-corrected chi connectivity index (χ1v) is 4.11. The standard InChI is InChI=1S/C10H18O/c1-5-7-9(3)11-10(4)8-6-2/h5-10H,1-4H3/b7-5+,8-6+. The second-order valence-electron chi connectivity index (χ2n) is 2.60. The molecule has 0 aliphatic rings. The summed E-state index contributed by atoms with van der Waals surface area (Å²) in [6, 6.07) is 0. The van der Waals surface area contributed by atoms with Crippen molar-refractivity contribution >= 4 is 0 Å². The molecule has 0 aliphatic carbocycles. The highest BCUT2D eigenvalue weighted by Gasteiger charge is 2.00. The molecule has 2 atom stereocenters. The molecule has 64 valence electrons. The summed E-state index contributed by atoms with van der Waals surface area (Å²) in [6.45, 7) is 8.08. The first-order valence-electron chi connectivity index (χ1n) is 4.11. The number of rotatable bonds is 4. The summed E-state index contributed by atoms with van der Waals surface area (Å²) in [5.74, 6) is 0. The van der Waals surface area contributed by atoms with E-state index in [1.54, 1.807) is 0 Å². The Kier molecular flexibility index (Phi) is 5.86. The highest BCUT2D eigenvalue weighted by Crippen LogP contribution is 2.00. The van der Waals surface area contributed by atoms with E-state index in [4.69, 9.17) is 4.74 Å². The van der Waals surface area contributed by atoms with Crippen LogP contribution >= 0.6 is 0 Å². The summed E-state index contributed by atoms with van der Waals surface area (Å²) in [5.41, 5.74) is 0.